The second-order valence-corrected chi connectivity index (χ2v) is 27.3. The lowest BCUT2D eigenvalue weighted by Gasteiger charge is -2.17. The Hall–Kier alpha value is -11.2. The van der Waals surface area contributed by atoms with E-state index in [2.05, 4.69) is 259 Å². The Morgan fingerprint density at radius 2 is 1.18 bits per heavy atom. The number of fused-ring (bicyclic) bond motifs is 12. The van der Waals surface area contributed by atoms with Gasteiger partial charge in [0.25, 0.3) is 0 Å². The van der Waals surface area contributed by atoms with Crippen molar-refractivity contribution in [2.45, 2.75) is 42.5 Å². The number of aliphatic imine (C=N–C) groups is 1. The predicted octanol–water partition coefficient (Wildman–Crippen LogP) is 22.6. The highest BCUT2D eigenvalue weighted by Crippen LogP contribution is 2.52. The van der Waals surface area contributed by atoms with Crippen molar-refractivity contribution in [3.63, 3.8) is 0 Å². The molecule has 5 heterocycles. The van der Waals surface area contributed by atoms with Crippen molar-refractivity contribution in [3.05, 3.63) is 325 Å². The molecule has 0 fully saturated rings. The SMILES string of the molecule is Cc1c(C2=CC=CCC2)nc(-c2ccccc2)nc1-c1cccc(-n2c3ccc(-c4cccc5c4SC4C=CC=CC54)cc3c3ccc(-c4ccc5c(c4)sc4c(-c6ccc7c(c6)c6ccccc6n7CN=C(/C=C(\N)c6ccccc6)c6ccccc6)cccc45)cc32)c1. The molecule has 0 bridgehead atoms. The monoisotopic (exact) mass is 1250 g/mol. The number of rotatable bonds is 12. The van der Waals surface area contributed by atoms with Gasteiger partial charge in [0.15, 0.2) is 5.82 Å². The summed E-state index contributed by atoms with van der Waals surface area (Å²) in [6.45, 7) is 2.62. The van der Waals surface area contributed by atoms with Crippen molar-refractivity contribution in [2.75, 3.05) is 0 Å². The summed E-state index contributed by atoms with van der Waals surface area (Å²) in [6, 6.07) is 90.5. The van der Waals surface area contributed by atoms with Crippen LogP contribution in [0.25, 0.3) is 137 Å². The minimum atomic E-state index is 0.387. The molecular formula is C87H62N6S2. The zero-order valence-electron chi connectivity index (χ0n) is 52.2. The van der Waals surface area contributed by atoms with Gasteiger partial charge in [-0.2, -0.15) is 0 Å². The molecule has 6 nitrogen and oxygen atoms in total. The minimum absolute atomic E-state index is 0.387. The standard InChI is InChI=1S/C87H62N6S2/c1-54-83(57-25-10-4-11-26-57)90-87(58-27-12-5-13-28-58)91-84(54)63-29-18-30-64(47-63)93-79-46-42-62(65-33-19-35-71-69-32-15-17-38-81(69)94-85(65)71)49-74(79)68-43-39-59(50-80(68)93)60-40-44-70-72-36-20-34-66(86(72)95-82(70)51-60)61-41-45-78-73(48-61)67-31-14-16-37-77(67)92(78)53-89-76(56-23-8-3-9-24-56)52-75(88)55-21-6-2-7-22-55/h2-10,12-25,27-52,69,81H,11,26,53,88H2,1H3/b75-52-,89-76?. The number of allylic oxidation sites excluding steroid dienone is 8. The van der Waals surface area contributed by atoms with Crippen LogP contribution < -0.4 is 5.73 Å². The molecule has 0 amide bonds. The van der Waals surface area contributed by atoms with Crippen LogP contribution in [0.2, 0.25) is 0 Å². The Morgan fingerprint density at radius 3 is 2.01 bits per heavy atom. The smallest absolute Gasteiger partial charge is 0.160 e. The first-order valence-corrected chi connectivity index (χ1v) is 34.4. The number of thiophene rings is 1. The Balaban J connectivity index is 0.746. The van der Waals surface area contributed by atoms with E-state index in [1.165, 1.54) is 85.6 Å². The molecule has 1 aliphatic heterocycles. The number of benzene rings is 11. The molecule has 2 N–H and O–H groups in total. The molecule has 0 saturated carbocycles. The summed E-state index contributed by atoms with van der Waals surface area (Å²) in [5, 5.41) is 7.75. The molecule has 0 spiro atoms. The number of nitrogens with zero attached hydrogens (tertiary/aromatic N) is 5. The normalized spacial score (nSPS) is 15.4. The first-order valence-electron chi connectivity index (χ1n) is 32.7. The van der Waals surface area contributed by atoms with Crippen LogP contribution in [-0.4, -0.2) is 30.1 Å². The van der Waals surface area contributed by atoms with Crippen LogP contribution >= 0.6 is 23.1 Å². The van der Waals surface area contributed by atoms with Gasteiger partial charge < -0.3 is 14.9 Å². The number of hydrogen-bond donors (Lipinski definition) is 1. The van der Waals surface area contributed by atoms with Gasteiger partial charge in [0.2, 0.25) is 0 Å². The molecule has 11 aromatic carbocycles. The van der Waals surface area contributed by atoms with E-state index in [0.29, 0.717) is 23.5 Å². The maximum absolute atomic E-state index is 6.75. The summed E-state index contributed by atoms with van der Waals surface area (Å²) in [5.41, 5.74) is 30.9. The second kappa shape index (κ2) is 23.4. The highest BCUT2D eigenvalue weighted by atomic mass is 32.2. The van der Waals surface area contributed by atoms with Crippen LogP contribution in [0.1, 0.15) is 46.7 Å². The number of para-hydroxylation sites is 1. The second-order valence-electron chi connectivity index (χ2n) is 25.0. The third kappa shape index (κ3) is 9.90. The number of hydrogen-bond acceptors (Lipinski definition) is 6. The van der Waals surface area contributed by atoms with Crippen molar-refractivity contribution >= 4 is 104 Å². The highest BCUT2D eigenvalue weighted by molar-refractivity contribution is 8.00. The first-order chi connectivity index (χ1) is 46.9. The van der Waals surface area contributed by atoms with Gasteiger partial charge in [-0.1, -0.05) is 237 Å². The van der Waals surface area contributed by atoms with E-state index >= 15 is 0 Å². The lowest BCUT2D eigenvalue weighted by molar-refractivity contribution is 0.793. The Bertz CT molecular complexity index is 5820. The lowest BCUT2D eigenvalue weighted by atomic mass is 9.90. The molecule has 95 heavy (non-hydrogen) atoms. The van der Waals surface area contributed by atoms with E-state index in [4.69, 9.17) is 20.7 Å². The molecule has 2 unspecified atom stereocenters. The Labute approximate surface area is 559 Å². The van der Waals surface area contributed by atoms with E-state index < -0.39 is 0 Å². The van der Waals surface area contributed by atoms with Gasteiger partial charge in [0.05, 0.1) is 39.2 Å². The summed E-state index contributed by atoms with van der Waals surface area (Å²) in [7, 11) is 0. The summed E-state index contributed by atoms with van der Waals surface area (Å²) in [6.07, 6.45) is 19.7. The maximum Gasteiger partial charge on any atom is 0.160 e. The Morgan fingerprint density at radius 1 is 0.526 bits per heavy atom. The molecule has 2 aliphatic carbocycles. The molecule has 0 radical (unpaired) electrons. The van der Waals surface area contributed by atoms with Crippen molar-refractivity contribution < 1.29 is 0 Å². The highest BCUT2D eigenvalue weighted by Gasteiger charge is 2.33. The lowest BCUT2D eigenvalue weighted by Crippen LogP contribution is -2.06. The first kappa shape index (κ1) is 56.6. The maximum atomic E-state index is 6.75. The molecule has 18 rings (SSSR count). The van der Waals surface area contributed by atoms with Crippen molar-refractivity contribution in [2.24, 2.45) is 10.7 Å². The number of aromatic nitrogens is 4. The summed E-state index contributed by atoms with van der Waals surface area (Å²) in [4.78, 5) is 17.4. The van der Waals surface area contributed by atoms with Gasteiger partial charge in [-0.15, -0.1) is 23.1 Å². The fourth-order valence-electron chi connectivity index (χ4n) is 14.8. The zero-order valence-corrected chi connectivity index (χ0v) is 53.8. The summed E-state index contributed by atoms with van der Waals surface area (Å²) < 4.78 is 7.34. The quantitative estimate of drug-likeness (QED) is 0.124. The van der Waals surface area contributed by atoms with Crippen LogP contribution in [0.3, 0.4) is 0 Å². The Kier molecular flexibility index (Phi) is 14.0. The van der Waals surface area contributed by atoms with E-state index in [1.807, 2.05) is 77.7 Å². The van der Waals surface area contributed by atoms with Gasteiger partial charge in [-0.3, -0.25) is 4.99 Å². The van der Waals surface area contributed by atoms with Gasteiger partial charge in [-0.05, 0) is 136 Å². The number of nitrogens with two attached hydrogens (primary N) is 1. The minimum Gasteiger partial charge on any atom is -0.398 e. The zero-order chi connectivity index (χ0) is 63.1. The van der Waals surface area contributed by atoms with E-state index in [1.54, 1.807) is 0 Å². The molecule has 452 valence electrons. The third-order valence-corrected chi connectivity index (χ3v) is 22.1. The molecule has 4 aromatic heterocycles. The fourth-order valence-corrected chi connectivity index (χ4v) is 17.5. The molecule has 15 aromatic rings. The third-order valence-electron chi connectivity index (χ3n) is 19.5. The molecule has 8 heteroatoms. The molecule has 2 atom stereocenters. The van der Waals surface area contributed by atoms with Gasteiger partial charge in [0, 0.05) is 85.9 Å². The predicted molar refractivity (Wildman–Crippen MR) is 403 cm³/mol. The van der Waals surface area contributed by atoms with Gasteiger partial charge in [0.1, 0.15) is 6.67 Å². The average Bonchev–Trinajstić information content (AvgIpc) is 1.61. The van der Waals surface area contributed by atoms with Gasteiger partial charge >= 0.3 is 0 Å². The largest absolute Gasteiger partial charge is 0.398 e. The van der Waals surface area contributed by atoms with E-state index in [0.717, 1.165) is 96.9 Å². The fraction of sp³-hybridized carbons (Fsp3) is 0.0690. The molecule has 0 saturated heterocycles. The van der Waals surface area contributed by atoms with Gasteiger partial charge in [-0.25, -0.2) is 9.97 Å². The number of thioether (sulfide) groups is 1. The van der Waals surface area contributed by atoms with Crippen molar-refractivity contribution in [3.8, 4) is 61.7 Å². The van der Waals surface area contributed by atoms with E-state index in [-0.39, 0.29) is 0 Å². The van der Waals surface area contributed by atoms with Crippen LogP contribution in [0, 0.1) is 6.92 Å². The molecular weight excluding hydrogens is 1190 g/mol. The van der Waals surface area contributed by atoms with E-state index in [9.17, 15) is 0 Å². The topological polar surface area (TPSA) is 74.0 Å². The van der Waals surface area contributed by atoms with Crippen LogP contribution in [0.15, 0.2) is 307 Å². The summed E-state index contributed by atoms with van der Waals surface area (Å²) >= 11 is 3.88. The van der Waals surface area contributed by atoms with Crippen LogP contribution in [0.4, 0.5) is 0 Å². The van der Waals surface area contributed by atoms with Crippen LogP contribution in [0.5, 0.6) is 0 Å². The van der Waals surface area contributed by atoms with Crippen molar-refractivity contribution in [1.29, 1.82) is 0 Å². The average molecular weight is 1260 g/mol. The summed E-state index contributed by atoms with van der Waals surface area (Å²) in [5.74, 6) is 1.12. The molecule has 3 aliphatic rings. The van der Waals surface area contributed by atoms with Crippen molar-refractivity contribution in [1.82, 2.24) is 19.1 Å². The van der Waals surface area contributed by atoms with Crippen LogP contribution in [-0.2, 0) is 6.67 Å².